The van der Waals surface area contributed by atoms with E-state index in [1.165, 1.54) is 24.0 Å². The van der Waals surface area contributed by atoms with Crippen LogP contribution in [0, 0.1) is 0 Å². The molecule has 0 bridgehead atoms. The zero-order valence-corrected chi connectivity index (χ0v) is 6.67. The molecule has 1 aromatic heterocycles. The lowest BCUT2D eigenvalue weighted by Crippen LogP contribution is -2.12. The highest BCUT2D eigenvalue weighted by Gasteiger charge is 2.19. The second kappa shape index (κ2) is 2.62. The van der Waals surface area contributed by atoms with Crippen LogP contribution in [0.2, 0.25) is 0 Å². The molecule has 0 spiro atoms. The Morgan fingerprint density at radius 1 is 1.64 bits per heavy atom. The normalized spacial score (nSPS) is 21.7. The summed E-state index contributed by atoms with van der Waals surface area (Å²) in [7, 11) is 2.01. The number of pyridine rings is 1. The maximum absolute atomic E-state index is 4.10. The first-order chi connectivity index (χ1) is 5.42. The Morgan fingerprint density at radius 2 is 2.55 bits per heavy atom. The van der Waals surface area contributed by atoms with Gasteiger partial charge in [-0.15, -0.1) is 0 Å². The topological polar surface area (TPSA) is 24.9 Å². The van der Waals surface area contributed by atoms with Gasteiger partial charge in [-0.25, -0.2) is 0 Å². The van der Waals surface area contributed by atoms with Crippen LogP contribution in [0.4, 0.5) is 0 Å². The Labute approximate surface area is 66.7 Å². The van der Waals surface area contributed by atoms with E-state index >= 15 is 0 Å². The fourth-order valence-corrected chi connectivity index (χ4v) is 1.74. The van der Waals surface area contributed by atoms with Crippen molar-refractivity contribution in [3.05, 3.63) is 29.6 Å². The molecule has 2 nitrogen and oxygen atoms in total. The van der Waals surface area contributed by atoms with Gasteiger partial charge in [-0.05, 0) is 37.1 Å². The Bertz CT molecular complexity index is 257. The molecule has 0 saturated carbocycles. The third kappa shape index (κ3) is 1.03. The molecule has 2 rings (SSSR count). The second-order valence-corrected chi connectivity index (χ2v) is 2.95. The lowest BCUT2D eigenvalue weighted by Gasteiger charge is -2.08. The first kappa shape index (κ1) is 6.80. The van der Waals surface area contributed by atoms with Crippen molar-refractivity contribution in [3.63, 3.8) is 0 Å². The van der Waals surface area contributed by atoms with Gasteiger partial charge in [0.15, 0.2) is 0 Å². The lowest BCUT2D eigenvalue weighted by molar-refractivity contribution is 0.590. The van der Waals surface area contributed by atoms with Gasteiger partial charge in [-0.3, -0.25) is 4.98 Å². The van der Waals surface area contributed by atoms with Gasteiger partial charge in [0.2, 0.25) is 0 Å². The van der Waals surface area contributed by atoms with E-state index in [1.54, 1.807) is 0 Å². The summed E-state index contributed by atoms with van der Waals surface area (Å²) < 4.78 is 0. The minimum absolute atomic E-state index is 0.563. The van der Waals surface area contributed by atoms with Crippen LogP contribution in [0.1, 0.15) is 23.6 Å². The number of fused-ring (bicyclic) bond motifs is 1. The highest BCUT2D eigenvalue weighted by molar-refractivity contribution is 5.31. The maximum atomic E-state index is 4.10. The van der Waals surface area contributed by atoms with Crippen molar-refractivity contribution in [1.82, 2.24) is 10.3 Å². The first-order valence-corrected chi connectivity index (χ1v) is 4.02. The van der Waals surface area contributed by atoms with Gasteiger partial charge >= 0.3 is 0 Å². The number of hydrogen-bond donors (Lipinski definition) is 1. The number of nitrogens with zero attached hydrogens (tertiary/aromatic N) is 1. The molecule has 1 aromatic rings. The molecule has 58 valence electrons. The number of rotatable bonds is 1. The van der Waals surface area contributed by atoms with E-state index in [0.29, 0.717) is 6.04 Å². The molecule has 0 saturated heterocycles. The van der Waals surface area contributed by atoms with Crippen LogP contribution in [0.5, 0.6) is 0 Å². The second-order valence-electron chi connectivity index (χ2n) is 2.95. The summed E-state index contributed by atoms with van der Waals surface area (Å²) in [6.45, 7) is 0. The van der Waals surface area contributed by atoms with Crippen LogP contribution in [0.15, 0.2) is 18.5 Å². The summed E-state index contributed by atoms with van der Waals surface area (Å²) >= 11 is 0. The van der Waals surface area contributed by atoms with E-state index in [4.69, 9.17) is 0 Å². The van der Waals surface area contributed by atoms with E-state index in [0.717, 1.165) is 0 Å². The van der Waals surface area contributed by atoms with Crippen molar-refractivity contribution in [3.8, 4) is 0 Å². The summed E-state index contributed by atoms with van der Waals surface area (Å²) in [5.41, 5.74) is 2.84. The SMILES string of the molecule is CNC1CCc2cnccc21. The van der Waals surface area contributed by atoms with E-state index in [9.17, 15) is 0 Å². The number of aryl methyl sites for hydroxylation is 1. The molecule has 1 aliphatic carbocycles. The summed E-state index contributed by atoms with van der Waals surface area (Å²) in [5.74, 6) is 0. The molecular formula is C9H12N2. The predicted octanol–water partition coefficient (Wildman–Crippen LogP) is 1.29. The quantitative estimate of drug-likeness (QED) is 0.649. The molecule has 1 N–H and O–H groups in total. The zero-order valence-electron chi connectivity index (χ0n) is 6.67. The van der Waals surface area contributed by atoms with Crippen molar-refractivity contribution >= 4 is 0 Å². The molecule has 11 heavy (non-hydrogen) atoms. The fraction of sp³-hybridized carbons (Fsp3) is 0.444. The minimum atomic E-state index is 0.563. The number of nitrogens with one attached hydrogen (secondary N) is 1. The number of aromatic nitrogens is 1. The maximum Gasteiger partial charge on any atom is 0.0324 e. The van der Waals surface area contributed by atoms with Crippen LogP contribution < -0.4 is 5.32 Å². The first-order valence-electron chi connectivity index (χ1n) is 4.02. The van der Waals surface area contributed by atoms with Gasteiger partial charge < -0.3 is 5.32 Å². The Hall–Kier alpha value is -0.890. The van der Waals surface area contributed by atoms with Crippen LogP contribution in [0.25, 0.3) is 0 Å². The summed E-state index contributed by atoms with van der Waals surface area (Å²) in [6.07, 6.45) is 6.24. The summed E-state index contributed by atoms with van der Waals surface area (Å²) in [6, 6.07) is 2.68. The van der Waals surface area contributed by atoms with E-state index in [-0.39, 0.29) is 0 Å². The molecule has 1 unspecified atom stereocenters. The molecule has 1 heterocycles. The average Bonchev–Trinajstić information content (AvgIpc) is 2.47. The molecule has 2 heteroatoms. The van der Waals surface area contributed by atoms with Gasteiger partial charge in [-0.1, -0.05) is 0 Å². The van der Waals surface area contributed by atoms with Gasteiger partial charge in [0.05, 0.1) is 0 Å². The summed E-state index contributed by atoms with van der Waals surface area (Å²) in [4.78, 5) is 4.10. The standard InChI is InChI=1S/C9H12N2/c1-10-9-3-2-7-6-11-5-4-8(7)9/h4-6,9-10H,2-3H2,1H3. The molecule has 1 atom stereocenters. The Morgan fingerprint density at radius 3 is 3.36 bits per heavy atom. The van der Waals surface area contributed by atoms with E-state index < -0.39 is 0 Å². The van der Waals surface area contributed by atoms with Crippen LogP contribution in [-0.2, 0) is 6.42 Å². The van der Waals surface area contributed by atoms with Crippen LogP contribution >= 0.6 is 0 Å². The van der Waals surface area contributed by atoms with Crippen molar-refractivity contribution in [2.24, 2.45) is 0 Å². The third-order valence-corrected chi connectivity index (χ3v) is 2.37. The van der Waals surface area contributed by atoms with E-state index in [2.05, 4.69) is 16.4 Å². The minimum Gasteiger partial charge on any atom is -0.313 e. The van der Waals surface area contributed by atoms with Crippen LogP contribution in [-0.4, -0.2) is 12.0 Å². The molecule has 0 fully saturated rings. The highest BCUT2D eigenvalue weighted by Crippen LogP contribution is 2.29. The summed E-state index contributed by atoms with van der Waals surface area (Å²) in [5, 5.41) is 3.29. The van der Waals surface area contributed by atoms with Gasteiger partial charge in [0, 0.05) is 18.4 Å². The van der Waals surface area contributed by atoms with Gasteiger partial charge in [-0.2, -0.15) is 0 Å². The van der Waals surface area contributed by atoms with Crippen molar-refractivity contribution in [2.75, 3.05) is 7.05 Å². The Balaban J connectivity index is 2.39. The largest absolute Gasteiger partial charge is 0.313 e. The highest BCUT2D eigenvalue weighted by atomic mass is 14.9. The number of hydrogen-bond acceptors (Lipinski definition) is 2. The molecule has 1 aliphatic rings. The Kier molecular flexibility index (Phi) is 1.62. The van der Waals surface area contributed by atoms with Gasteiger partial charge in [0.25, 0.3) is 0 Å². The molecular weight excluding hydrogens is 136 g/mol. The lowest BCUT2D eigenvalue weighted by atomic mass is 10.1. The third-order valence-electron chi connectivity index (χ3n) is 2.37. The molecule has 0 aliphatic heterocycles. The predicted molar refractivity (Wildman–Crippen MR) is 44.4 cm³/mol. The van der Waals surface area contributed by atoms with Crippen molar-refractivity contribution < 1.29 is 0 Å². The smallest absolute Gasteiger partial charge is 0.0324 e. The average molecular weight is 148 g/mol. The van der Waals surface area contributed by atoms with Crippen LogP contribution in [0.3, 0.4) is 0 Å². The zero-order chi connectivity index (χ0) is 7.68. The van der Waals surface area contributed by atoms with Crippen molar-refractivity contribution in [1.29, 1.82) is 0 Å². The fourth-order valence-electron chi connectivity index (χ4n) is 1.74. The molecule has 0 amide bonds. The van der Waals surface area contributed by atoms with E-state index in [1.807, 2.05) is 19.4 Å². The molecule has 0 radical (unpaired) electrons. The van der Waals surface area contributed by atoms with Gasteiger partial charge in [0.1, 0.15) is 0 Å². The monoisotopic (exact) mass is 148 g/mol. The molecule has 0 aromatic carbocycles. The van der Waals surface area contributed by atoms with Crippen molar-refractivity contribution in [2.45, 2.75) is 18.9 Å².